The maximum atomic E-state index is 14.2. The Morgan fingerprint density at radius 1 is 1.20 bits per heavy atom. The highest BCUT2D eigenvalue weighted by Crippen LogP contribution is 2.59. The molecule has 35 heavy (non-hydrogen) atoms. The summed E-state index contributed by atoms with van der Waals surface area (Å²) in [5.41, 5.74) is -1.48. The molecule has 3 rings (SSSR count). The van der Waals surface area contributed by atoms with Crippen molar-refractivity contribution in [3.05, 3.63) is 25.3 Å². The van der Waals surface area contributed by atoms with Crippen molar-refractivity contribution in [3.63, 3.8) is 0 Å². The van der Waals surface area contributed by atoms with Crippen LogP contribution in [0.1, 0.15) is 59.8 Å². The van der Waals surface area contributed by atoms with E-state index in [9.17, 15) is 19.5 Å². The summed E-state index contributed by atoms with van der Waals surface area (Å²) in [6.07, 6.45) is 6.18. The van der Waals surface area contributed by atoms with Gasteiger partial charge in [0.1, 0.15) is 11.6 Å². The van der Waals surface area contributed by atoms with Crippen molar-refractivity contribution >= 4 is 17.7 Å². The minimum absolute atomic E-state index is 0.0208. The molecule has 2 bridgehead atoms. The molecule has 0 saturated carbocycles. The van der Waals surface area contributed by atoms with Crippen LogP contribution in [0.25, 0.3) is 0 Å². The Kier molecular flexibility index (Phi) is 8.48. The first kappa shape index (κ1) is 27.4. The van der Waals surface area contributed by atoms with Gasteiger partial charge in [-0.05, 0) is 52.9 Å². The zero-order valence-electron chi connectivity index (χ0n) is 21.9. The fourth-order valence-corrected chi connectivity index (χ4v) is 6.25. The molecule has 1 N–H and O–H groups in total. The number of aliphatic hydroxyl groups is 1. The maximum Gasteiger partial charge on any atom is 0.249 e. The Morgan fingerprint density at radius 2 is 1.89 bits per heavy atom. The number of ether oxygens (including phenoxy) is 1. The molecule has 3 aliphatic heterocycles. The van der Waals surface area contributed by atoms with Gasteiger partial charge in [-0.15, -0.1) is 13.2 Å². The van der Waals surface area contributed by atoms with Crippen molar-refractivity contribution in [3.8, 4) is 0 Å². The molecular formula is C27H43N3O5. The van der Waals surface area contributed by atoms with E-state index >= 15 is 0 Å². The number of carbonyl (C=O) groups is 3. The van der Waals surface area contributed by atoms with Gasteiger partial charge in [0, 0.05) is 38.3 Å². The van der Waals surface area contributed by atoms with Crippen LogP contribution >= 0.6 is 0 Å². The Morgan fingerprint density at radius 3 is 2.46 bits per heavy atom. The van der Waals surface area contributed by atoms with Crippen molar-refractivity contribution in [1.29, 1.82) is 0 Å². The van der Waals surface area contributed by atoms with E-state index in [1.54, 1.807) is 26.9 Å². The lowest BCUT2D eigenvalue weighted by Gasteiger charge is -2.42. The highest BCUT2D eigenvalue weighted by Gasteiger charge is 2.75. The fourth-order valence-electron chi connectivity index (χ4n) is 6.25. The third kappa shape index (κ3) is 4.79. The summed E-state index contributed by atoms with van der Waals surface area (Å²) in [6, 6.07) is -0.792. The monoisotopic (exact) mass is 489 g/mol. The van der Waals surface area contributed by atoms with Gasteiger partial charge in [-0.25, -0.2) is 0 Å². The quantitative estimate of drug-likeness (QED) is 0.336. The standard InChI is InChI=1S/C27H43N3O5/c1-7-14-28(15-8-2)23(32)20-19-12-13-27(35-19)21(20)24(33)29(17-10-11-18-31)22(27)25(34)30(16-9-3)26(4,5)6/h7,9,19-22,31H,1,3,8,10-18H2,2,4-6H3/t19-,20+,21+,22?,27?/m1/s1. The molecule has 0 aromatic heterocycles. The van der Waals surface area contributed by atoms with Crippen LogP contribution in [0.5, 0.6) is 0 Å². The second-order valence-corrected chi connectivity index (χ2v) is 11.0. The molecule has 3 aliphatic rings. The van der Waals surface area contributed by atoms with E-state index in [4.69, 9.17) is 4.74 Å². The number of aliphatic hydroxyl groups excluding tert-OH is 1. The highest BCUT2D eigenvalue weighted by molar-refractivity contribution is 5.99. The average molecular weight is 490 g/mol. The van der Waals surface area contributed by atoms with Gasteiger partial charge in [-0.3, -0.25) is 14.4 Å². The largest absolute Gasteiger partial charge is 0.396 e. The number of nitrogens with zero attached hydrogens (tertiary/aromatic N) is 3. The van der Waals surface area contributed by atoms with Crippen LogP contribution in [-0.4, -0.2) is 93.6 Å². The van der Waals surface area contributed by atoms with Gasteiger partial charge in [-0.2, -0.15) is 0 Å². The number of likely N-dealkylation sites (tertiary alicyclic amines) is 1. The first-order valence-corrected chi connectivity index (χ1v) is 13.0. The molecule has 0 aromatic rings. The fraction of sp³-hybridized carbons (Fsp3) is 0.741. The number of carbonyl (C=O) groups excluding carboxylic acids is 3. The predicted molar refractivity (Wildman–Crippen MR) is 134 cm³/mol. The molecule has 0 aromatic carbocycles. The maximum absolute atomic E-state index is 14.2. The van der Waals surface area contributed by atoms with E-state index in [0.717, 1.165) is 6.42 Å². The van der Waals surface area contributed by atoms with Gasteiger partial charge in [0.25, 0.3) is 0 Å². The van der Waals surface area contributed by atoms with Crippen molar-refractivity contribution in [2.24, 2.45) is 11.8 Å². The molecule has 5 atom stereocenters. The third-order valence-corrected chi connectivity index (χ3v) is 7.67. The van der Waals surface area contributed by atoms with Crippen LogP contribution in [0.15, 0.2) is 25.3 Å². The Labute approximate surface area is 210 Å². The van der Waals surface area contributed by atoms with Crippen LogP contribution in [0, 0.1) is 11.8 Å². The summed E-state index contributed by atoms with van der Waals surface area (Å²) in [4.78, 5) is 47.0. The number of fused-ring (bicyclic) bond motifs is 1. The van der Waals surface area contributed by atoms with Crippen LogP contribution in [-0.2, 0) is 19.1 Å². The molecule has 3 amide bonds. The van der Waals surface area contributed by atoms with Crippen LogP contribution in [0.3, 0.4) is 0 Å². The number of rotatable bonds is 12. The van der Waals surface area contributed by atoms with Crippen molar-refractivity contribution in [2.75, 3.05) is 32.8 Å². The van der Waals surface area contributed by atoms with E-state index in [0.29, 0.717) is 51.9 Å². The van der Waals surface area contributed by atoms with Gasteiger partial charge in [0.2, 0.25) is 17.7 Å². The van der Waals surface area contributed by atoms with E-state index < -0.39 is 29.0 Å². The van der Waals surface area contributed by atoms with Gasteiger partial charge >= 0.3 is 0 Å². The topological polar surface area (TPSA) is 90.4 Å². The molecule has 1 spiro atoms. The van der Waals surface area contributed by atoms with E-state index in [1.165, 1.54) is 0 Å². The summed E-state index contributed by atoms with van der Waals surface area (Å²) in [5.74, 6) is -1.69. The normalized spacial score (nSPS) is 29.3. The summed E-state index contributed by atoms with van der Waals surface area (Å²) >= 11 is 0. The SMILES string of the molecule is C=CCN(CCC)C(=O)[C@@H]1[C@H]2C(=O)N(CCCCO)C(C(=O)N(CC=C)C(C)(C)C)C23CC[C@H]1O3. The minimum Gasteiger partial charge on any atom is -0.396 e. The lowest BCUT2D eigenvalue weighted by Crippen LogP contribution is -2.60. The molecular weight excluding hydrogens is 446 g/mol. The van der Waals surface area contributed by atoms with Crippen molar-refractivity contribution in [1.82, 2.24) is 14.7 Å². The molecule has 3 saturated heterocycles. The number of unbranched alkanes of at least 4 members (excludes halogenated alkanes) is 1. The number of hydrogen-bond donors (Lipinski definition) is 1. The summed E-state index contributed by atoms with van der Waals surface area (Å²) in [6.45, 7) is 17.3. The molecule has 0 radical (unpaired) electrons. The van der Waals surface area contributed by atoms with Crippen molar-refractivity contribution in [2.45, 2.75) is 83.1 Å². The van der Waals surface area contributed by atoms with Gasteiger partial charge in [0.05, 0.1) is 17.9 Å². The summed E-state index contributed by atoms with van der Waals surface area (Å²) < 4.78 is 6.55. The van der Waals surface area contributed by atoms with E-state index in [2.05, 4.69) is 13.2 Å². The average Bonchev–Trinajstić information content (AvgIpc) is 3.43. The van der Waals surface area contributed by atoms with Crippen LogP contribution < -0.4 is 0 Å². The van der Waals surface area contributed by atoms with Gasteiger partial charge in [0.15, 0.2) is 0 Å². The molecule has 2 unspecified atom stereocenters. The first-order chi connectivity index (χ1) is 16.6. The zero-order valence-corrected chi connectivity index (χ0v) is 21.9. The summed E-state index contributed by atoms with van der Waals surface area (Å²) in [7, 11) is 0. The van der Waals surface area contributed by atoms with Crippen molar-refractivity contribution < 1.29 is 24.2 Å². The molecule has 3 heterocycles. The molecule has 196 valence electrons. The first-order valence-electron chi connectivity index (χ1n) is 13.0. The predicted octanol–water partition coefficient (Wildman–Crippen LogP) is 2.37. The molecule has 3 fully saturated rings. The molecule has 8 heteroatoms. The highest BCUT2D eigenvalue weighted by atomic mass is 16.5. The molecule has 0 aliphatic carbocycles. The number of amides is 3. The third-order valence-electron chi connectivity index (χ3n) is 7.67. The Bertz CT molecular complexity index is 837. The molecule has 8 nitrogen and oxygen atoms in total. The number of hydrogen-bond acceptors (Lipinski definition) is 5. The minimum atomic E-state index is -1.00. The smallest absolute Gasteiger partial charge is 0.249 e. The lowest BCUT2D eigenvalue weighted by molar-refractivity contribution is -0.151. The van der Waals surface area contributed by atoms with Crippen LogP contribution in [0.2, 0.25) is 0 Å². The van der Waals surface area contributed by atoms with Gasteiger partial charge in [-0.1, -0.05) is 19.1 Å². The van der Waals surface area contributed by atoms with E-state index in [1.807, 2.05) is 27.7 Å². The second kappa shape index (κ2) is 10.8. The lowest BCUT2D eigenvalue weighted by atomic mass is 9.70. The summed E-state index contributed by atoms with van der Waals surface area (Å²) in [5, 5.41) is 9.32. The second-order valence-electron chi connectivity index (χ2n) is 11.0. The Balaban J connectivity index is 2.03. The van der Waals surface area contributed by atoms with E-state index in [-0.39, 0.29) is 30.4 Å². The zero-order chi connectivity index (χ0) is 26.0. The van der Waals surface area contributed by atoms with Gasteiger partial charge < -0.3 is 24.5 Å². The Hall–Kier alpha value is -2.19. The van der Waals surface area contributed by atoms with Crippen LogP contribution in [0.4, 0.5) is 0 Å².